The second-order valence-electron chi connectivity index (χ2n) is 5.13. The van der Waals surface area contributed by atoms with Crippen molar-refractivity contribution < 1.29 is 4.39 Å². The van der Waals surface area contributed by atoms with E-state index in [1.54, 1.807) is 12.3 Å². The molecule has 0 unspecified atom stereocenters. The lowest BCUT2D eigenvalue weighted by molar-refractivity contribution is 0.436. The van der Waals surface area contributed by atoms with Crippen molar-refractivity contribution in [1.29, 1.82) is 0 Å². The molecule has 1 aromatic heterocycles. The summed E-state index contributed by atoms with van der Waals surface area (Å²) in [7, 11) is 0. The molecule has 3 N–H and O–H groups in total. The van der Waals surface area contributed by atoms with Crippen LogP contribution in [0.5, 0.6) is 0 Å². The number of nitrogens with zero attached hydrogens (tertiary/aromatic N) is 1. The summed E-state index contributed by atoms with van der Waals surface area (Å²) in [6.45, 7) is 0. The van der Waals surface area contributed by atoms with Crippen LogP contribution in [0.4, 0.5) is 4.39 Å². The van der Waals surface area contributed by atoms with Crippen LogP contribution in [0.3, 0.4) is 0 Å². The van der Waals surface area contributed by atoms with Crippen LogP contribution in [0.2, 0.25) is 0 Å². The zero-order valence-corrected chi connectivity index (χ0v) is 12.0. The lowest BCUT2D eigenvalue weighted by atomic mass is 9.99. The summed E-state index contributed by atoms with van der Waals surface area (Å²) < 4.78 is 14.6. The number of nitrogens with two attached hydrogens (primary N) is 1. The second-order valence-corrected chi connectivity index (χ2v) is 6.05. The van der Waals surface area contributed by atoms with E-state index in [9.17, 15) is 4.39 Å². The predicted octanol–water partition coefficient (Wildman–Crippen LogP) is 3.71. The average molecular weight is 324 g/mol. The third-order valence-corrected chi connectivity index (χ3v) is 4.26. The Morgan fingerprint density at radius 2 is 2.05 bits per heavy atom. The van der Waals surface area contributed by atoms with Gasteiger partial charge >= 0.3 is 0 Å². The number of halogens is 2. The molecule has 19 heavy (non-hydrogen) atoms. The Morgan fingerprint density at radius 1 is 1.32 bits per heavy atom. The van der Waals surface area contributed by atoms with Crippen molar-refractivity contribution >= 4 is 15.9 Å². The van der Waals surface area contributed by atoms with Crippen molar-refractivity contribution in [3.63, 3.8) is 0 Å². The lowest BCUT2D eigenvalue weighted by Crippen LogP contribution is -2.34. The molecule has 1 aromatic carbocycles. The molecule has 1 heterocycles. The van der Waals surface area contributed by atoms with Crippen molar-refractivity contribution in [2.24, 2.45) is 5.73 Å². The van der Waals surface area contributed by atoms with Gasteiger partial charge in [0, 0.05) is 10.0 Å². The van der Waals surface area contributed by atoms with Crippen molar-refractivity contribution in [1.82, 2.24) is 9.97 Å². The van der Waals surface area contributed by atoms with E-state index in [1.165, 1.54) is 6.07 Å². The van der Waals surface area contributed by atoms with Crippen molar-refractivity contribution in [3.05, 3.63) is 40.5 Å². The average Bonchev–Trinajstić information content (AvgIpc) is 2.99. The van der Waals surface area contributed by atoms with E-state index >= 15 is 0 Å². The Bertz CT molecular complexity index is 602. The molecule has 0 amide bonds. The van der Waals surface area contributed by atoms with E-state index in [0.29, 0.717) is 11.3 Å². The number of benzene rings is 1. The fraction of sp³-hybridized carbons (Fsp3) is 0.357. The van der Waals surface area contributed by atoms with E-state index in [0.717, 1.165) is 36.0 Å². The van der Waals surface area contributed by atoms with E-state index < -0.39 is 0 Å². The molecule has 0 bridgehead atoms. The molecule has 5 heteroatoms. The molecule has 0 radical (unpaired) electrons. The minimum Gasteiger partial charge on any atom is -0.340 e. The molecular weight excluding hydrogens is 309 g/mol. The Kier molecular flexibility index (Phi) is 3.19. The standard InChI is InChI=1S/C14H15BrFN3/c15-9-3-4-10(11(16)7-9)12-8-18-13(19-12)14(17)5-1-2-6-14/h3-4,7-8H,1-2,5-6,17H2,(H,18,19). The lowest BCUT2D eigenvalue weighted by Gasteiger charge is -2.20. The molecule has 1 fully saturated rings. The molecule has 0 atom stereocenters. The molecule has 1 aliphatic rings. The monoisotopic (exact) mass is 323 g/mol. The molecule has 0 spiro atoms. The molecule has 100 valence electrons. The number of aromatic amines is 1. The van der Waals surface area contributed by atoms with Gasteiger partial charge in [0.2, 0.25) is 0 Å². The third-order valence-electron chi connectivity index (χ3n) is 3.76. The molecule has 3 nitrogen and oxygen atoms in total. The maximum Gasteiger partial charge on any atom is 0.133 e. The Labute approximate surface area is 119 Å². The van der Waals surface area contributed by atoms with Gasteiger partial charge in [-0.05, 0) is 31.0 Å². The van der Waals surface area contributed by atoms with Crippen LogP contribution in [0.1, 0.15) is 31.5 Å². The zero-order valence-electron chi connectivity index (χ0n) is 10.4. The summed E-state index contributed by atoms with van der Waals surface area (Å²) in [5.41, 5.74) is 7.16. The minimum absolute atomic E-state index is 0.276. The van der Waals surface area contributed by atoms with E-state index in [2.05, 4.69) is 25.9 Å². The highest BCUT2D eigenvalue weighted by Crippen LogP contribution is 2.35. The maximum absolute atomic E-state index is 13.9. The van der Waals surface area contributed by atoms with Crippen molar-refractivity contribution in [2.75, 3.05) is 0 Å². The first-order valence-corrected chi connectivity index (χ1v) is 7.18. The van der Waals surface area contributed by atoms with Crippen LogP contribution < -0.4 is 5.73 Å². The second kappa shape index (κ2) is 4.72. The summed E-state index contributed by atoms with van der Waals surface area (Å²) in [5.74, 6) is 0.490. The Morgan fingerprint density at radius 3 is 2.74 bits per heavy atom. The number of imidazole rings is 1. The van der Waals surface area contributed by atoms with Gasteiger partial charge < -0.3 is 10.7 Å². The Balaban J connectivity index is 1.97. The van der Waals surface area contributed by atoms with E-state index in [-0.39, 0.29) is 11.4 Å². The number of H-pyrrole nitrogens is 1. The molecule has 0 saturated heterocycles. The smallest absolute Gasteiger partial charge is 0.133 e. The molecule has 1 aliphatic carbocycles. The van der Waals surface area contributed by atoms with Gasteiger partial charge in [0.1, 0.15) is 11.6 Å². The van der Waals surface area contributed by atoms with Crippen LogP contribution in [-0.4, -0.2) is 9.97 Å². The first-order chi connectivity index (χ1) is 9.08. The van der Waals surface area contributed by atoms with Crippen LogP contribution in [-0.2, 0) is 5.54 Å². The quantitative estimate of drug-likeness (QED) is 0.885. The minimum atomic E-state index is -0.371. The van der Waals surface area contributed by atoms with Crippen LogP contribution >= 0.6 is 15.9 Å². The van der Waals surface area contributed by atoms with Crippen LogP contribution in [0.25, 0.3) is 11.3 Å². The van der Waals surface area contributed by atoms with Gasteiger partial charge in [-0.25, -0.2) is 9.37 Å². The fourth-order valence-corrected chi connectivity index (χ4v) is 2.99. The summed E-state index contributed by atoms with van der Waals surface area (Å²) in [4.78, 5) is 7.53. The highest BCUT2D eigenvalue weighted by molar-refractivity contribution is 9.10. The fourth-order valence-electron chi connectivity index (χ4n) is 2.66. The zero-order chi connectivity index (χ0) is 13.5. The predicted molar refractivity (Wildman–Crippen MR) is 76.0 cm³/mol. The summed E-state index contributed by atoms with van der Waals surface area (Å²) in [6.07, 6.45) is 5.78. The summed E-state index contributed by atoms with van der Waals surface area (Å²) >= 11 is 3.25. The number of hydrogen-bond donors (Lipinski definition) is 2. The first kappa shape index (κ1) is 12.8. The van der Waals surface area contributed by atoms with Crippen LogP contribution in [0, 0.1) is 5.82 Å². The number of rotatable bonds is 2. The van der Waals surface area contributed by atoms with Gasteiger partial charge in [0.05, 0.1) is 17.4 Å². The van der Waals surface area contributed by atoms with Gasteiger partial charge in [0.15, 0.2) is 0 Å². The van der Waals surface area contributed by atoms with E-state index in [4.69, 9.17) is 5.73 Å². The van der Waals surface area contributed by atoms with Crippen LogP contribution in [0.15, 0.2) is 28.9 Å². The van der Waals surface area contributed by atoms with Gasteiger partial charge in [-0.1, -0.05) is 28.8 Å². The van der Waals surface area contributed by atoms with Gasteiger partial charge in [-0.3, -0.25) is 0 Å². The molecular formula is C14H15BrFN3. The topological polar surface area (TPSA) is 54.7 Å². The van der Waals surface area contributed by atoms with E-state index in [1.807, 2.05) is 6.07 Å². The molecule has 2 aromatic rings. The highest BCUT2D eigenvalue weighted by atomic mass is 79.9. The number of aromatic nitrogens is 2. The highest BCUT2D eigenvalue weighted by Gasteiger charge is 2.34. The first-order valence-electron chi connectivity index (χ1n) is 6.38. The van der Waals surface area contributed by atoms with Crippen molar-refractivity contribution in [3.8, 4) is 11.3 Å². The third kappa shape index (κ3) is 2.32. The number of nitrogens with one attached hydrogen (secondary N) is 1. The van der Waals surface area contributed by atoms with Gasteiger partial charge in [-0.2, -0.15) is 0 Å². The van der Waals surface area contributed by atoms with Gasteiger partial charge in [0.25, 0.3) is 0 Å². The molecule has 0 aliphatic heterocycles. The SMILES string of the molecule is NC1(c2ncc(-c3ccc(Br)cc3F)[nH]2)CCCC1. The summed E-state index contributed by atoms with van der Waals surface area (Å²) in [6, 6.07) is 4.99. The molecule has 3 rings (SSSR count). The largest absolute Gasteiger partial charge is 0.340 e. The summed E-state index contributed by atoms with van der Waals surface area (Å²) in [5, 5.41) is 0. The van der Waals surface area contributed by atoms with Crippen molar-refractivity contribution in [2.45, 2.75) is 31.2 Å². The maximum atomic E-state index is 13.9. The normalized spacial score (nSPS) is 17.8. The number of hydrogen-bond acceptors (Lipinski definition) is 2. The molecule has 1 saturated carbocycles. The van der Waals surface area contributed by atoms with Gasteiger partial charge in [-0.15, -0.1) is 0 Å². The Hall–Kier alpha value is -1.20.